The highest BCUT2D eigenvalue weighted by Crippen LogP contribution is 2.38. The summed E-state index contributed by atoms with van der Waals surface area (Å²) in [5.74, 6) is 0. The van der Waals surface area contributed by atoms with Gasteiger partial charge in [-0.25, -0.2) is 0 Å². The van der Waals surface area contributed by atoms with Crippen molar-refractivity contribution >= 4 is 15.9 Å². The Morgan fingerprint density at radius 3 is 2.88 bits per heavy atom. The van der Waals surface area contributed by atoms with Gasteiger partial charge in [0.05, 0.1) is 6.10 Å². The van der Waals surface area contributed by atoms with E-state index >= 15 is 0 Å². The molecule has 1 aliphatic carbocycles. The maximum absolute atomic E-state index is 10.3. The molecule has 2 atom stereocenters. The highest BCUT2D eigenvalue weighted by atomic mass is 79.9. The minimum absolute atomic E-state index is 0.112. The highest BCUT2D eigenvalue weighted by molar-refractivity contribution is 9.10. The summed E-state index contributed by atoms with van der Waals surface area (Å²) in [6.07, 6.45) is 4.87. The summed E-state index contributed by atoms with van der Waals surface area (Å²) in [4.78, 5) is 0. The molecule has 0 bridgehead atoms. The van der Waals surface area contributed by atoms with E-state index in [1.165, 1.54) is 12.0 Å². The van der Waals surface area contributed by atoms with Crippen LogP contribution < -0.4 is 5.73 Å². The molecule has 17 heavy (non-hydrogen) atoms. The third kappa shape index (κ3) is 2.90. The second-order valence-electron chi connectivity index (χ2n) is 5.13. The maximum atomic E-state index is 10.3. The molecular formula is C14H20BrNO. The topological polar surface area (TPSA) is 46.2 Å². The molecule has 1 aromatic carbocycles. The SMILES string of the molecule is NCC1(Cc2cccc(Br)c2)CCCCC1O. The Balaban J connectivity index is 2.18. The average molecular weight is 298 g/mol. The normalized spacial score (nSPS) is 29.2. The molecule has 0 aromatic heterocycles. The predicted molar refractivity (Wildman–Crippen MR) is 73.8 cm³/mol. The molecule has 0 saturated heterocycles. The first kappa shape index (κ1) is 13.1. The average Bonchev–Trinajstić information content (AvgIpc) is 2.32. The van der Waals surface area contributed by atoms with E-state index in [2.05, 4.69) is 28.1 Å². The van der Waals surface area contributed by atoms with Gasteiger partial charge in [0.2, 0.25) is 0 Å². The van der Waals surface area contributed by atoms with E-state index in [9.17, 15) is 5.11 Å². The Kier molecular flexibility index (Phi) is 4.23. The molecule has 0 aliphatic heterocycles. The zero-order valence-electron chi connectivity index (χ0n) is 10.0. The van der Waals surface area contributed by atoms with Gasteiger partial charge in [0.25, 0.3) is 0 Å². The van der Waals surface area contributed by atoms with Crippen LogP contribution in [0.2, 0.25) is 0 Å². The molecule has 1 fully saturated rings. The van der Waals surface area contributed by atoms with Gasteiger partial charge in [0, 0.05) is 16.4 Å². The van der Waals surface area contributed by atoms with Crippen molar-refractivity contribution in [2.75, 3.05) is 6.54 Å². The van der Waals surface area contributed by atoms with Crippen molar-refractivity contribution in [2.45, 2.75) is 38.2 Å². The quantitative estimate of drug-likeness (QED) is 0.901. The molecular weight excluding hydrogens is 278 g/mol. The van der Waals surface area contributed by atoms with Gasteiger partial charge in [0.15, 0.2) is 0 Å². The molecule has 2 rings (SSSR count). The van der Waals surface area contributed by atoms with E-state index in [0.29, 0.717) is 6.54 Å². The van der Waals surface area contributed by atoms with Crippen LogP contribution in [-0.2, 0) is 6.42 Å². The standard InChI is InChI=1S/C14H20BrNO/c15-12-5-3-4-11(8-12)9-14(10-16)7-2-1-6-13(14)17/h3-5,8,13,17H,1-2,6-7,9-10,16H2. The van der Waals surface area contributed by atoms with Crippen LogP contribution in [0.5, 0.6) is 0 Å². The zero-order valence-corrected chi connectivity index (χ0v) is 11.6. The number of halogens is 1. The molecule has 1 aliphatic rings. The molecule has 3 N–H and O–H groups in total. The van der Waals surface area contributed by atoms with Crippen LogP contribution in [-0.4, -0.2) is 17.8 Å². The van der Waals surface area contributed by atoms with Crippen LogP contribution in [0.4, 0.5) is 0 Å². The van der Waals surface area contributed by atoms with Crippen molar-refractivity contribution in [1.82, 2.24) is 0 Å². The first-order valence-corrected chi connectivity index (χ1v) is 7.08. The van der Waals surface area contributed by atoms with Crippen LogP contribution >= 0.6 is 15.9 Å². The predicted octanol–water partition coefficient (Wildman–Crippen LogP) is 2.87. The lowest BCUT2D eigenvalue weighted by molar-refractivity contribution is -0.00585. The van der Waals surface area contributed by atoms with Gasteiger partial charge in [0.1, 0.15) is 0 Å². The Morgan fingerprint density at radius 1 is 1.41 bits per heavy atom. The number of benzene rings is 1. The van der Waals surface area contributed by atoms with Crippen LogP contribution in [0.15, 0.2) is 28.7 Å². The fraction of sp³-hybridized carbons (Fsp3) is 0.571. The van der Waals surface area contributed by atoms with Crippen molar-refractivity contribution in [3.8, 4) is 0 Å². The van der Waals surface area contributed by atoms with Crippen molar-refractivity contribution in [2.24, 2.45) is 11.1 Å². The van der Waals surface area contributed by atoms with Crippen molar-refractivity contribution < 1.29 is 5.11 Å². The third-order valence-electron chi connectivity index (χ3n) is 3.96. The Bertz CT molecular complexity index is 382. The monoisotopic (exact) mass is 297 g/mol. The van der Waals surface area contributed by atoms with E-state index in [4.69, 9.17) is 5.73 Å². The molecule has 0 amide bonds. The molecule has 0 spiro atoms. The smallest absolute Gasteiger partial charge is 0.0611 e. The lowest BCUT2D eigenvalue weighted by Gasteiger charge is -2.41. The lowest BCUT2D eigenvalue weighted by atomic mass is 9.68. The highest BCUT2D eigenvalue weighted by Gasteiger charge is 2.38. The van der Waals surface area contributed by atoms with Gasteiger partial charge < -0.3 is 10.8 Å². The molecule has 94 valence electrons. The molecule has 1 aromatic rings. The molecule has 0 heterocycles. The number of aliphatic hydroxyl groups is 1. The number of nitrogens with two attached hydrogens (primary N) is 1. The number of hydrogen-bond donors (Lipinski definition) is 2. The van der Waals surface area contributed by atoms with E-state index < -0.39 is 0 Å². The Hall–Kier alpha value is -0.380. The van der Waals surface area contributed by atoms with Gasteiger partial charge in [-0.15, -0.1) is 0 Å². The van der Waals surface area contributed by atoms with Gasteiger partial charge in [-0.3, -0.25) is 0 Å². The zero-order chi connectivity index (χ0) is 12.3. The largest absolute Gasteiger partial charge is 0.392 e. The van der Waals surface area contributed by atoms with E-state index in [1.54, 1.807) is 0 Å². The second kappa shape index (κ2) is 5.51. The number of rotatable bonds is 3. The van der Waals surface area contributed by atoms with Crippen LogP contribution in [0.3, 0.4) is 0 Å². The van der Waals surface area contributed by atoms with Crippen molar-refractivity contribution in [3.63, 3.8) is 0 Å². The van der Waals surface area contributed by atoms with Crippen molar-refractivity contribution in [1.29, 1.82) is 0 Å². The number of hydrogen-bond acceptors (Lipinski definition) is 2. The summed E-state index contributed by atoms with van der Waals surface area (Å²) in [5.41, 5.74) is 7.09. The van der Waals surface area contributed by atoms with Crippen LogP contribution in [0.25, 0.3) is 0 Å². The van der Waals surface area contributed by atoms with Crippen LogP contribution in [0, 0.1) is 5.41 Å². The summed E-state index contributed by atoms with van der Waals surface area (Å²) in [7, 11) is 0. The minimum atomic E-state index is -0.250. The van der Waals surface area contributed by atoms with E-state index in [1.807, 2.05) is 12.1 Å². The molecule has 2 unspecified atom stereocenters. The first-order valence-electron chi connectivity index (χ1n) is 6.29. The summed E-state index contributed by atoms with van der Waals surface area (Å²) in [5, 5.41) is 10.3. The lowest BCUT2D eigenvalue weighted by Crippen LogP contribution is -2.45. The Labute approximate surface area is 111 Å². The molecule has 2 nitrogen and oxygen atoms in total. The Morgan fingerprint density at radius 2 is 2.24 bits per heavy atom. The summed E-state index contributed by atoms with van der Waals surface area (Å²) < 4.78 is 1.09. The summed E-state index contributed by atoms with van der Waals surface area (Å²) >= 11 is 3.49. The van der Waals surface area contributed by atoms with E-state index in [-0.39, 0.29) is 11.5 Å². The van der Waals surface area contributed by atoms with Crippen molar-refractivity contribution in [3.05, 3.63) is 34.3 Å². The van der Waals surface area contributed by atoms with Gasteiger partial charge in [-0.1, -0.05) is 40.9 Å². The maximum Gasteiger partial charge on any atom is 0.0611 e. The summed E-state index contributed by atoms with van der Waals surface area (Å²) in [6.45, 7) is 0.570. The van der Waals surface area contributed by atoms with Gasteiger partial charge in [-0.05, 0) is 37.0 Å². The molecule has 3 heteroatoms. The fourth-order valence-electron chi connectivity index (χ4n) is 2.86. The fourth-order valence-corrected chi connectivity index (χ4v) is 3.30. The third-order valence-corrected chi connectivity index (χ3v) is 4.45. The van der Waals surface area contributed by atoms with Gasteiger partial charge in [-0.2, -0.15) is 0 Å². The van der Waals surface area contributed by atoms with E-state index in [0.717, 1.165) is 30.2 Å². The second-order valence-corrected chi connectivity index (χ2v) is 6.05. The molecule has 1 saturated carbocycles. The number of aliphatic hydroxyl groups excluding tert-OH is 1. The molecule has 0 radical (unpaired) electrons. The summed E-state index contributed by atoms with van der Waals surface area (Å²) in [6, 6.07) is 8.30. The van der Waals surface area contributed by atoms with Gasteiger partial charge >= 0.3 is 0 Å². The minimum Gasteiger partial charge on any atom is -0.392 e. The first-order chi connectivity index (χ1) is 8.16. The van der Waals surface area contributed by atoms with Crippen LogP contribution in [0.1, 0.15) is 31.2 Å².